The van der Waals surface area contributed by atoms with Crippen LogP contribution in [-0.4, -0.2) is 55.7 Å². The van der Waals surface area contributed by atoms with Crippen LogP contribution in [0.2, 0.25) is 0 Å². The van der Waals surface area contributed by atoms with Crippen molar-refractivity contribution in [2.24, 2.45) is 5.92 Å². The molecule has 1 aliphatic carbocycles. The van der Waals surface area contributed by atoms with Crippen molar-refractivity contribution < 1.29 is 14.3 Å². The Balaban J connectivity index is 1.44. The summed E-state index contributed by atoms with van der Waals surface area (Å²) in [7, 11) is 1.56. The Bertz CT molecular complexity index is 941. The van der Waals surface area contributed by atoms with Crippen LogP contribution in [-0.2, 0) is 4.74 Å². The molecule has 2 aliphatic rings. The van der Waals surface area contributed by atoms with Crippen LogP contribution in [0.3, 0.4) is 0 Å². The molecule has 31 heavy (non-hydrogen) atoms. The standard InChI is InChI=1S/C24H30N4O3/c1-16(17-6-4-3-5-7-17)20-12-18(13-21(28-20)23(30)25-2)22(29)27-9-8-19-14-24(19)15-26-10-11-31-24/h3-7,12-13,16,19,26H,8-11,14-15H2,1-2H3,(H,25,30)(H,27,29)/t16-,19+,24-/m0/s1. The molecule has 2 heterocycles. The molecule has 1 aromatic carbocycles. The van der Waals surface area contributed by atoms with Crippen LogP contribution >= 0.6 is 0 Å². The molecule has 3 atom stereocenters. The smallest absolute Gasteiger partial charge is 0.269 e. The number of carbonyl (C=O) groups excluding carboxylic acids is 2. The number of rotatable bonds is 7. The lowest BCUT2D eigenvalue weighted by molar-refractivity contribution is -0.00367. The minimum Gasteiger partial charge on any atom is -0.372 e. The fraction of sp³-hybridized carbons (Fsp3) is 0.458. The van der Waals surface area contributed by atoms with Gasteiger partial charge in [-0.3, -0.25) is 9.59 Å². The van der Waals surface area contributed by atoms with Gasteiger partial charge in [-0.15, -0.1) is 0 Å². The number of ether oxygens (including phenoxy) is 1. The molecule has 4 rings (SSSR count). The highest BCUT2D eigenvalue weighted by Gasteiger charge is 2.55. The summed E-state index contributed by atoms with van der Waals surface area (Å²) in [6.07, 6.45) is 1.93. The van der Waals surface area contributed by atoms with Gasteiger partial charge in [-0.2, -0.15) is 0 Å². The summed E-state index contributed by atoms with van der Waals surface area (Å²) in [5.41, 5.74) is 2.45. The number of morpholine rings is 1. The highest BCUT2D eigenvalue weighted by Crippen LogP contribution is 2.49. The predicted molar refractivity (Wildman–Crippen MR) is 118 cm³/mol. The Morgan fingerprint density at radius 1 is 1.26 bits per heavy atom. The van der Waals surface area contributed by atoms with Crippen LogP contribution < -0.4 is 16.0 Å². The van der Waals surface area contributed by atoms with E-state index in [4.69, 9.17) is 4.74 Å². The zero-order valence-corrected chi connectivity index (χ0v) is 18.1. The van der Waals surface area contributed by atoms with Gasteiger partial charge >= 0.3 is 0 Å². The number of amides is 2. The summed E-state index contributed by atoms with van der Waals surface area (Å²) in [6, 6.07) is 13.3. The van der Waals surface area contributed by atoms with Gasteiger partial charge in [0.15, 0.2) is 0 Å². The average molecular weight is 423 g/mol. The number of benzene rings is 1. The first-order chi connectivity index (χ1) is 15.0. The molecule has 1 spiro atoms. The topological polar surface area (TPSA) is 92.4 Å². The maximum absolute atomic E-state index is 12.9. The molecule has 7 heteroatoms. The number of carbonyl (C=O) groups is 2. The van der Waals surface area contributed by atoms with E-state index in [0.717, 1.165) is 38.1 Å². The molecule has 2 fully saturated rings. The second-order valence-corrected chi connectivity index (χ2v) is 8.41. The summed E-state index contributed by atoms with van der Waals surface area (Å²) < 4.78 is 5.94. The van der Waals surface area contributed by atoms with Gasteiger partial charge in [-0.05, 0) is 36.5 Å². The van der Waals surface area contributed by atoms with Gasteiger partial charge in [-0.1, -0.05) is 37.3 Å². The number of nitrogens with one attached hydrogen (secondary N) is 3. The van der Waals surface area contributed by atoms with E-state index < -0.39 is 0 Å². The lowest BCUT2D eigenvalue weighted by atomic mass is 9.96. The van der Waals surface area contributed by atoms with E-state index in [0.29, 0.717) is 23.7 Å². The third-order valence-electron chi connectivity index (χ3n) is 6.36. The van der Waals surface area contributed by atoms with Crippen LogP contribution in [0.15, 0.2) is 42.5 Å². The summed E-state index contributed by atoms with van der Waals surface area (Å²) in [4.78, 5) is 29.7. The quantitative estimate of drug-likeness (QED) is 0.636. The molecule has 0 radical (unpaired) electrons. The SMILES string of the molecule is CNC(=O)c1cc(C(=O)NCC[C@@H]2C[C@]23CNCCO3)cc([C@@H](C)c2ccccc2)n1. The van der Waals surface area contributed by atoms with Gasteiger partial charge in [0.1, 0.15) is 5.69 Å². The Hall–Kier alpha value is -2.77. The minimum absolute atomic E-state index is 0.0235. The van der Waals surface area contributed by atoms with Crippen molar-refractivity contribution in [2.45, 2.75) is 31.3 Å². The summed E-state index contributed by atoms with van der Waals surface area (Å²) in [5.74, 6) is -0.0581. The number of hydrogen-bond acceptors (Lipinski definition) is 5. The zero-order valence-electron chi connectivity index (χ0n) is 18.1. The number of nitrogens with zero attached hydrogens (tertiary/aromatic N) is 1. The van der Waals surface area contributed by atoms with Crippen molar-refractivity contribution in [1.82, 2.24) is 20.9 Å². The molecule has 1 saturated carbocycles. The first kappa shape index (κ1) is 21.5. The normalized spacial score (nSPS) is 23.2. The Labute approximate surface area is 183 Å². The number of pyridine rings is 1. The first-order valence-corrected chi connectivity index (χ1v) is 10.9. The average Bonchev–Trinajstić information content (AvgIpc) is 3.48. The fourth-order valence-corrected chi connectivity index (χ4v) is 4.32. The third kappa shape index (κ3) is 4.78. The van der Waals surface area contributed by atoms with E-state index in [1.54, 1.807) is 19.2 Å². The highest BCUT2D eigenvalue weighted by molar-refractivity contribution is 5.98. The van der Waals surface area contributed by atoms with Crippen molar-refractivity contribution in [2.75, 3.05) is 33.3 Å². The van der Waals surface area contributed by atoms with Crippen molar-refractivity contribution in [3.05, 3.63) is 65.0 Å². The van der Waals surface area contributed by atoms with Crippen molar-refractivity contribution in [3.8, 4) is 0 Å². The molecule has 2 amide bonds. The highest BCUT2D eigenvalue weighted by atomic mass is 16.5. The van der Waals surface area contributed by atoms with Gasteiger partial charge < -0.3 is 20.7 Å². The minimum atomic E-state index is -0.307. The lowest BCUT2D eigenvalue weighted by Crippen LogP contribution is -2.41. The molecule has 1 saturated heterocycles. The van der Waals surface area contributed by atoms with Crippen LogP contribution in [0.5, 0.6) is 0 Å². The number of hydrogen-bond donors (Lipinski definition) is 3. The molecule has 1 aliphatic heterocycles. The van der Waals surface area contributed by atoms with Crippen LogP contribution in [0.1, 0.15) is 57.8 Å². The van der Waals surface area contributed by atoms with Crippen LogP contribution in [0.4, 0.5) is 0 Å². The molecular weight excluding hydrogens is 392 g/mol. The molecule has 0 bridgehead atoms. The molecule has 2 aromatic rings. The molecule has 164 valence electrons. The summed E-state index contributed by atoms with van der Waals surface area (Å²) in [5, 5.41) is 9.00. The molecular formula is C24H30N4O3. The van der Waals surface area contributed by atoms with E-state index in [-0.39, 0.29) is 29.0 Å². The largest absolute Gasteiger partial charge is 0.372 e. The van der Waals surface area contributed by atoms with Crippen LogP contribution in [0, 0.1) is 5.92 Å². The Kier molecular flexibility index (Phi) is 6.34. The Morgan fingerprint density at radius 2 is 2.06 bits per heavy atom. The van der Waals surface area contributed by atoms with Gasteiger partial charge in [0.2, 0.25) is 0 Å². The van der Waals surface area contributed by atoms with Gasteiger partial charge in [0.25, 0.3) is 11.8 Å². The van der Waals surface area contributed by atoms with Crippen LogP contribution in [0.25, 0.3) is 0 Å². The summed E-state index contributed by atoms with van der Waals surface area (Å²) >= 11 is 0. The maximum atomic E-state index is 12.9. The third-order valence-corrected chi connectivity index (χ3v) is 6.36. The van der Waals surface area contributed by atoms with Gasteiger partial charge in [0.05, 0.1) is 12.2 Å². The van der Waals surface area contributed by atoms with Gasteiger partial charge in [-0.25, -0.2) is 4.98 Å². The van der Waals surface area contributed by atoms with E-state index in [9.17, 15) is 9.59 Å². The number of aromatic nitrogens is 1. The lowest BCUT2D eigenvalue weighted by Gasteiger charge is -2.24. The van der Waals surface area contributed by atoms with E-state index in [1.165, 1.54) is 0 Å². The van der Waals surface area contributed by atoms with Crippen molar-refractivity contribution in [3.63, 3.8) is 0 Å². The molecule has 0 unspecified atom stereocenters. The summed E-state index contributed by atoms with van der Waals surface area (Å²) in [6.45, 7) is 5.16. The molecule has 7 nitrogen and oxygen atoms in total. The zero-order chi connectivity index (χ0) is 21.8. The Morgan fingerprint density at radius 3 is 2.77 bits per heavy atom. The van der Waals surface area contributed by atoms with Gasteiger partial charge in [0, 0.05) is 43.9 Å². The molecule has 1 aromatic heterocycles. The van der Waals surface area contributed by atoms with Crippen molar-refractivity contribution >= 4 is 11.8 Å². The fourth-order valence-electron chi connectivity index (χ4n) is 4.32. The maximum Gasteiger partial charge on any atom is 0.269 e. The monoisotopic (exact) mass is 422 g/mol. The first-order valence-electron chi connectivity index (χ1n) is 10.9. The van der Waals surface area contributed by atoms with Crippen molar-refractivity contribution in [1.29, 1.82) is 0 Å². The molecule has 3 N–H and O–H groups in total. The second kappa shape index (κ2) is 9.16. The predicted octanol–water partition coefficient (Wildman–Crippen LogP) is 2.09. The van der Waals surface area contributed by atoms with E-state index in [2.05, 4.69) is 20.9 Å². The van der Waals surface area contributed by atoms with E-state index >= 15 is 0 Å². The van der Waals surface area contributed by atoms with E-state index in [1.807, 2.05) is 37.3 Å². The second-order valence-electron chi connectivity index (χ2n) is 8.41.